The van der Waals surface area contributed by atoms with Crippen molar-refractivity contribution in [2.75, 3.05) is 13.2 Å². The largest absolute Gasteiger partial charge is 0.355 e. The Kier molecular flexibility index (Phi) is 4.44. The molecule has 0 spiro atoms. The molecule has 0 amide bonds. The predicted octanol–water partition coefficient (Wildman–Crippen LogP) is 1.12. The molecule has 0 aromatic carbocycles. The molecular formula is C9H22O2Si. The second kappa shape index (κ2) is 4.39. The number of hydrogen-bond acceptors (Lipinski definition) is 2. The van der Waals surface area contributed by atoms with Crippen molar-refractivity contribution < 1.29 is 9.47 Å². The first-order chi connectivity index (χ1) is 5.37. The number of ether oxygens (including phenoxy) is 2. The SMILES string of the molecule is CCOC([SiH3])(OCC)C(C)(C)C. The van der Waals surface area contributed by atoms with Crippen LogP contribution in [0.15, 0.2) is 0 Å². The zero-order chi connectivity index (χ0) is 9.83. The molecule has 74 valence electrons. The van der Waals surface area contributed by atoms with Crippen LogP contribution in [0, 0.1) is 5.41 Å². The van der Waals surface area contributed by atoms with Gasteiger partial charge in [0.25, 0.3) is 0 Å². The highest BCUT2D eigenvalue weighted by atomic mass is 28.1. The fraction of sp³-hybridized carbons (Fsp3) is 1.00. The third-order valence-corrected chi connectivity index (χ3v) is 4.28. The van der Waals surface area contributed by atoms with Crippen molar-refractivity contribution in [1.82, 2.24) is 0 Å². The summed E-state index contributed by atoms with van der Waals surface area (Å²) in [4.78, 5) is 0. The second-order valence-corrected chi connectivity index (χ2v) is 5.38. The fourth-order valence-corrected chi connectivity index (χ4v) is 1.60. The molecule has 0 N–H and O–H groups in total. The molecule has 0 unspecified atom stereocenters. The van der Waals surface area contributed by atoms with E-state index in [-0.39, 0.29) is 10.8 Å². The van der Waals surface area contributed by atoms with Crippen molar-refractivity contribution in [3.8, 4) is 0 Å². The molecule has 3 heteroatoms. The maximum absolute atomic E-state index is 5.67. The van der Waals surface area contributed by atoms with Gasteiger partial charge in [-0.15, -0.1) is 0 Å². The van der Waals surface area contributed by atoms with Gasteiger partial charge in [0.2, 0.25) is 0 Å². The van der Waals surface area contributed by atoms with E-state index in [1.807, 2.05) is 13.8 Å². The molecule has 0 aromatic heterocycles. The average Bonchev–Trinajstić information content (AvgIpc) is 1.86. The first kappa shape index (κ1) is 12.1. The van der Waals surface area contributed by atoms with E-state index in [0.717, 1.165) is 23.5 Å². The molecule has 0 atom stereocenters. The van der Waals surface area contributed by atoms with Crippen molar-refractivity contribution in [2.45, 2.75) is 40.0 Å². The van der Waals surface area contributed by atoms with Gasteiger partial charge in [0, 0.05) is 18.6 Å². The van der Waals surface area contributed by atoms with Crippen LogP contribution >= 0.6 is 0 Å². The van der Waals surface area contributed by atoms with Gasteiger partial charge >= 0.3 is 0 Å². The molecule has 0 fully saturated rings. The normalized spacial score (nSPS) is 13.8. The van der Waals surface area contributed by atoms with Gasteiger partial charge in [-0.25, -0.2) is 0 Å². The van der Waals surface area contributed by atoms with Crippen LogP contribution in [0.1, 0.15) is 34.6 Å². The summed E-state index contributed by atoms with van der Waals surface area (Å²) in [5.74, 6) is 0. The first-order valence-electron chi connectivity index (χ1n) is 4.65. The Labute approximate surface area is 79.1 Å². The van der Waals surface area contributed by atoms with Gasteiger partial charge in [-0.3, -0.25) is 0 Å². The van der Waals surface area contributed by atoms with Crippen LogP contribution in [-0.2, 0) is 9.47 Å². The van der Waals surface area contributed by atoms with E-state index >= 15 is 0 Å². The highest BCUT2D eigenvalue weighted by molar-refractivity contribution is 6.13. The molecule has 0 aliphatic carbocycles. The van der Waals surface area contributed by atoms with E-state index in [0.29, 0.717) is 0 Å². The minimum atomic E-state index is -0.323. The molecule has 0 rings (SSSR count). The van der Waals surface area contributed by atoms with Gasteiger partial charge in [-0.05, 0) is 13.8 Å². The fourth-order valence-electron chi connectivity index (χ4n) is 1.03. The van der Waals surface area contributed by atoms with Crippen molar-refractivity contribution >= 4 is 10.2 Å². The van der Waals surface area contributed by atoms with Crippen LogP contribution in [0.3, 0.4) is 0 Å². The van der Waals surface area contributed by atoms with Gasteiger partial charge in [-0.2, -0.15) is 0 Å². The summed E-state index contributed by atoms with van der Waals surface area (Å²) in [6, 6.07) is 0. The maximum Gasteiger partial charge on any atom is 0.146 e. The molecule has 0 saturated carbocycles. The van der Waals surface area contributed by atoms with Crippen LogP contribution in [0.2, 0.25) is 0 Å². The van der Waals surface area contributed by atoms with Crippen LogP contribution in [0.4, 0.5) is 0 Å². The smallest absolute Gasteiger partial charge is 0.146 e. The molecule has 12 heavy (non-hydrogen) atoms. The highest BCUT2D eigenvalue weighted by Crippen LogP contribution is 2.31. The quantitative estimate of drug-likeness (QED) is 0.489. The summed E-state index contributed by atoms with van der Waals surface area (Å²) in [6.07, 6.45) is 0. The minimum Gasteiger partial charge on any atom is -0.355 e. The van der Waals surface area contributed by atoms with Gasteiger partial charge in [0.1, 0.15) is 5.41 Å². The Morgan fingerprint density at radius 2 is 1.33 bits per heavy atom. The lowest BCUT2D eigenvalue weighted by Gasteiger charge is -2.41. The van der Waals surface area contributed by atoms with Gasteiger partial charge in [0.15, 0.2) is 0 Å². The van der Waals surface area contributed by atoms with Crippen molar-refractivity contribution in [3.63, 3.8) is 0 Å². The van der Waals surface area contributed by atoms with Gasteiger partial charge in [-0.1, -0.05) is 20.8 Å². The topological polar surface area (TPSA) is 18.5 Å². The summed E-state index contributed by atoms with van der Waals surface area (Å²) in [6.45, 7) is 11.9. The lowest BCUT2D eigenvalue weighted by Crippen LogP contribution is -2.48. The van der Waals surface area contributed by atoms with Crippen molar-refractivity contribution in [3.05, 3.63) is 0 Å². The van der Waals surface area contributed by atoms with Crippen LogP contribution in [0.25, 0.3) is 0 Å². The maximum atomic E-state index is 5.67. The van der Waals surface area contributed by atoms with E-state index in [1.54, 1.807) is 0 Å². The van der Waals surface area contributed by atoms with E-state index in [1.165, 1.54) is 0 Å². The monoisotopic (exact) mass is 190 g/mol. The predicted molar refractivity (Wildman–Crippen MR) is 55.4 cm³/mol. The summed E-state index contributed by atoms with van der Waals surface area (Å²) < 4.78 is 11.3. The first-order valence-corrected chi connectivity index (χ1v) is 5.65. The Bertz CT molecular complexity index is 123. The molecule has 0 saturated heterocycles. The van der Waals surface area contributed by atoms with Crippen LogP contribution in [-0.4, -0.2) is 28.9 Å². The van der Waals surface area contributed by atoms with Crippen molar-refractivity contribution in [2.24, 2.45) is 5.41 Å². The third kappa shape index (κ3) is 2.88. The average molecular weight is 190 g/mol. The van der Waals surface area contributed by atoms with Crippen molar-refractivity contribution in [1.29, 1.82) is 0 Å². The van der Waals surface area contributed by atoms with E-state index < -0.39 is 0 Å². The molecule has 0 aromatic rings. The lowest BCUT2D eigenvalue weighted by molar-refractivity contribution is -0.226. The summed E-state index contributed by atoms with van der Waals surface area (Å²) in [7, 11) is 0.902. The number of hydrogen-bond donors (Lipinski definition) is 0. The van der Waals surface area contributed by atoms with Gasteiger partial charge in [0.05, 0.1) is 10.2 Å². The van der Waals surface area contributed by atoms with E-state index in [9.17, 15) is 0 Å². The Morgan fingerprint density at radius 1 is 1.00 bits per heavy atom. The third-order valence-electron chi connectivity index (χ3n) is 2.20. The van der Waals surface area contributed by atoms with Crippen LogP contribution < -0.4 is 0 Å². The zero-order valence-electron chi connectivity index (χ0n) is 9.23. The molecule has 2 nitrogen and oxygen atoms in total. The molecule has 0 bridgehead atoms. The Morgan fingerprint density at radius 3 is 1.50 bits per heavy atom. The molecule has 0 aliphatic heterocycles. The molecule has 0 radical (unpaired) electrons. The minimum absolute atomic E-state index is 0.0746. The number of rotatable bonds is 4. The van der Waals surface area contributed by atoms with E-state index in [2.05, 4.69) is 20.8 Å². The summed E-state index contributed by atoms with van der Waals surface area (Å²) in [5.41, 5.74) is -0.248. The zero-order valence-corrected chi connectivity index (χ0v) is 11.2. The molecular weight excluding hydrogens is 168 g/mol. The Hall–Kier alpha value is 0.137. The standard InChI is InChI=1S/C9H22O2Si/c1-6-10-9(12,11-7-2)8(3,4)5/h6-7H2,1-5,12H3. The molecule has 0 aliphatic rings. The Balaban J connectivity index is 4.38. The highest BCUT2D eigenvalue weighted by Gasteiger charge is 2.38. The van der Waals surface area contributed by atoms with Gasteiger partial charge < -0.3 is 9.47 Å². The van der Waals surface area contributed by atoms with E-state index in [4.69, 9.17) is 9.47 Å². The summed E-state index contributed by atoms with van der Waals surface area (Å²) >= 11 is 0. The lowest BCUT2D eigenvalue weighted by atomic mass is 9.95. The van der Waals surface area contributed by atoms with Crippen LogP contribution in [0.5, 0.6) is 0 Å². The summed E-state index contributed by atoms with van der Waals surface area (Å²) in [5, 5.41) is 0. The second-order valence-electron chi connectivity index (χ2n) is 4.06. The molecule has 0 heterocycles.